The van der Waals surface area contributed by atoms with Gasteiger partial charge in [0, 0.05) is 12.6 Å². The second-order valence-electron chi connectivity index (χ2n) is 8.03. The molecule has 0 fully saturated rings. The third kappa shape index (κ3) is 6.11. The molecular weight excluding hydrogens is 444 g/mol. The zero-order valence-corrected chi connectivity index (χ0v) is 19.3. The van der Waals surface area contributed by atoms with Gasteiger partial charge in [-0.2, -0.15) is 0 Å². The molecule has 2 heterocycles. The lowest BCUT2D eigenvalue weighted by Gasteiger charge is -2.08. The Morgan fingerprint density at radius 1 is 1.03 bits per heavy atom. The Morgan fingerprint density at radius 3 is 2.51 bits per heavy atom. The highest BCUT2D eigenvalue weighted by Crippen LogP contribution is 2.16. The van der Waals surface area contributed by atoms with Crippen molar-refractivity contribution in [1.82, 2.24) is 14.8 Å². The number of nitrogens with one attached hydrogen (secondary N) is 1. The van der Waals surface area contributed by atoms with E-state index in [0.717, 1.165) is 16.8 Å². The van der Waals surface area contributed by atoms with Crippen molar-refractivity contribution in [1.29, 1.82) is 0 Å². The largest absolute Gasteiger partial charge is 0.508 e. The first-order valence-corrected chi connectivity index (χ1v) is 11.2. The van der Waals surface area contributed by atoms with Crippen molar-refractivity contribution in [3.63, 3.8) is 0 Å². The van der Waals surface area contributed by atoms with Gasteiger partial charge in [0.05, 0.1) is 49.3 Å². The van der Waals surface area contributed by atoms with Crippen molar-refractivity contribution in [3.8, 4) is 5.75 Å². The van der Waals surface area contributed by atoms with Gasteiger partial charge in [0.25, 0.3) is 5.56 Å². The molecule has 0 atom stereocenters. The summed E-state index contributed by atoms with van der Waals surface area (Å²) in [6, 6.07) is 21.9. The molecule has 4 rings (SSSR count). The van der Waals surface area contributed by atoms with Gasteiger partial charge in [0.2, 0.25) is 0 Å². The van der Waals surface area contributed by atoms with Crippen LogP contribution in [0.1, 0.15) is 28.1 Å². The van der Waals surface area contributed by atoms with Gasteiger partial charge in [-0.3, -0.25) is 24.7 Å². The molecule has 0 aliphatic carbocycles. The zero-order chi connectivity index (χ0) is 24.6. The van der Waals surface area contributed by atoms with Crippen molar-refractivity contribution in [2.75, 3.05) is 7.11 Å². The number of aromatic amines is 1. The molecule has 0 unspecified atom stereocenters. The summed E-state index contributed by atoms with van der Waals surface area (Å²) in [5, 5.41) is 13.0. The van der Waals surface area contributed by atoms with Gasteiger partial charge >= 0.3 is 5.97 Å². The van der Waals surface area contributed by atoms with E-state index in [2.05, 4.69) is 10.1 Å². The molecule has 0 saturated carbocycles. The number of ether oxygens (including phenoxy) is 1. The number of carbonyl (C=O) groups excluding carboxylic acids is 1. The lowest BCUT2D eigenvalue weighted by atomic mass is 10.0. The topological polar surface area (TPSA) is 110 Å². The number of esters is 1. The van der Waals surface area contributed by atoms with E-state index in [-0.39, 0.29) is 30.7 Å². The third-order valence-corrected chi connectivity index (χ3v) is 5.49. The molecule has 8 heteroatoms. The third-order valence-electron chi connectivity index (χ3n) is 5.49. The van der Waals surface area contributed by atoms with Crippen LogP contribution < -0.4 is 5.56 Å². The first-order chi connectivity index (χ1) is 17.0. The molecule has 0 bridgehead atoms. The first kappa shape index (κ1) is 23.7. The van der Waals surface area contributed by atoms with Crippen LogP contribution in [0.15, 0.2) is 88.8 Å². The van der Waals surface area contributed by atoms with E-state index in [1.165, 1.54) is 11.8 Å². The number of nitrogens with zero attached hydrogens (tertiary/aromatic N) is 3. The van der Waals surface area contributed by atoms with Crippen molar-refractivity contribution in [2.24, 2.45) is 4.99 Å². The second-order valence-corrected chi connectivity index (χ2v) is 8.03. The fourth-order valence-corrected chi connectivity index (χ4v) is 3.80. The lowest BCUT2D eigenvalue weighted by Crippen LogP contribution is -2.24. The molecular formula is C27H26N4O4. The molecule has 4 aromatic rings. The number of rotatable bonds is 9. The number of benzene rings is 2. The van der Waals surface area contributed by atoms with Gasteiger partial charge in [0.1, 0.15) is 5.75 Å². The normalized spacial score (nSPS) is 11.4. The molecule has 2 N–H and O–H groups in total. The van der Waals surface area contributed by atoms with Gasteiger partial charge in [-0.25, -0.2) is 4.68 Å². The fraction of sp³-hybridized carbons (Fsp3) is 0.185. The van der Waals surface area contributed by atoms with Crippen LogP contribution in [0.5, 0.6) is 5.75 Å². The van der Waals surface area contributed by atoms with E-state index in [1.54, 1.807) is 24.4 Å². The van der Waals surface area contributed by atoms with Crippen LogP contribution in [0, 0.1) is 0 Å². The summed E-state index contributed by atoms with van der Waals surface area (Å²) >= 11 is 0. The number of aromatic nitrogens is 3. The summed E-state index contributed by atoms with van der Waals surface area (Å²) in [6.07, 6.45) is 1.87. The van der Waals surface area contributed by atoms with Gasteiger partial charge in [-0.05, 0) is 35.4 Å². The Kier molecular flexibility index (Phi) is 7.52. The van der Waals surface area contributed by atoms with Crippen LogP contribution in [0.3, 0.4) is 0 Å². The average Bonchev–Trinajstić information content (AvgIpc) is 3.17. The quantitative estimate of drug-likeness (QED) is 0.288. The fourth-order valence-electron chi connectivity index (χ4n) is 3.80. The number of carbonyl (C=O) groups is 1. The summed E-state index contributed by atoms with van der Waals surface area (Å²) in [4.78, 5) is 34.9. The molecule has 0 radical (unpaired) electrons. The number of phenolic OH excluding ortho intramolecular Hbond substituents is 1. The number of hydrogen-bond donors (Lipinski definition) is 2. The zero-order valence-electron chi connectivity index (χ0n) is 19.3. The Hall–Kier alpha value is -4.46. The standard InChI is InChI=1S/C27H26N4O4/c1-35-25(33)16-24-26(27(34)31(30-24)18-19-8-3-2-4-9-19)23(15-20-10-7-12-22(32)14-20)29-17-21-11-5-6-13-28-21/h2-14,30,32H,15-18H2,1H3. The van der Waals surface area contributed by atoms with Crippen molar-refractivity contribution < 1.29 is 14.6 Å². The molecule has 0 spiro atoms. The minimum absolute atomic E-state index is 0.106. The van der Waals surface area contributed by atoms with E-state index < -0.39 is 5.97 Å². The van der Waals surface area contributed by atoms with Gasteiger partial charge in [0.15, 0.2) is 0 Å². The maximum absolute atomic E-state index is 13.6. The SMILES string of the molecule is COC(=O)Cc1[nH]n(Cc2ccccc2)c(=O)c1C(Cc1cccc(O)c1)=NCc1ccccn1. The number of aromatic hydroxyl groups is 1. The molecule has 2 aromatic heterocycles. The Morgan fingerprint density at radius 2 is 1.80 bits per heavy atom. The number of methoxy groups -OCH3 is 1. The first-order valence-electron chi connectivity index (χ1n) is 11.2. The molecule has 8 nitrogen and oxygen atoms in total. The van der Waals surface area contributed by atoms with E-state index in [9.17, 15) is 14.7 Å². The van der Waals surface area contributed by atoms with Crippen molar-refractivity contribution >= 4 is 11.7 Å². The summed E-state index contributed by atoms with van der Waals surface area (Å²) in [5.74, 6) is -0.349. The Balaban J connectivity index is 1.79. The summed E-state index contributed by atoms with van der Waals surface area (Å²) < 4.78 is 6.34. The predicted octanol–water partition coefficient (Wildman–Crippen LogP) is 3.27. The van der Waals surface area contributed by atoms with Crippen LogP contribution in [0.2, 0.25) is 0 Å². The highest BCUT2D eigenvalue weighted by Gasteiger charge is 2.22. The number of phenols is 1. The monoisotopic (exact) mass is 470 g/mol. The molecule has 2 aromatic carbocycles. The molecule has 0 aliphatic heterocycles. The van der Waals surface area contributed by atoms with E-state index in [1.807, 2.05) is 54.6 Å². The predicted molar refractivity (Wildman–Crippen MR) is 133 cm³/mol. The number of aliphatic imine (C=N–C) groups is 1. The maximum atomic E-state index is 13.6. The Labute approximate surface area is 202 Å². The van der Waals surface area contributed by atoms with E-state index in [4.69, 9.17) is 9.73 Å². The summed E-state index contributed by atoms with van der Waals surface area (Å²) in [5.41, 5.74) is 3.43. The molecule has 0 saturated heterocycles. The van der Waals surface area contributed by atoms with Crippen LogP contribution >= 0.6 is 0 Å². The van der Waals surface area contributed by atoms with Crippen LogP contribution in [0.25, 0.3) is 0 Å². The number of pyridine rings is 1. The van der Waals surface area contributed by atoms with Crippen molar-refractivity contribution in [3.05, 3.63) is 117 Å². The molecule has 0 amide bonds. The molecule has 178 valence electrons. The minimum Gasteiger partial charge on any atom is -0.508 e. The Bertz CT molecular complexity index is 1380. The van der Waals surface area contributed by atoms with Crippen LogP contribution in [-0.2, 0) is 35.5 Å². The molecule has 35 heavy (non-hydrogen) atoms. The second kappa shape index (κ2) is 11.1. The molecule has 0 aliphatic rings. The highest BCUT2D eigenvalue weighted by atomic mass is 16.5. The number of H-pyrrole nitrogens is 1. The van der Waals surface area contributed by atoms with Gasteiger partial charge in [-0.1, -0.05) is 48.5 Å². The summed E-state index contributed by atoms with van der Waals surface area (Å²) in [7, 11) is 1.31. The van der Waals surface area contributed by atoms with Gasteiger partial charge in [-0.15, -0.1) is 0 Å². The van der Waals surface area contributed by atoms with Crippen LogP contribution in [-0.4, -0.2) is 38.7 Å². The van der Waals surface area contributed by atoms with Gasteiger partial charge < -0.3 is 9.84 Å². The smallest absolute Gasteiger partial charge is 0.311 e. The highest BCUT2D eigenvalue weighted by molar-refractivity contribution is 6.03. The van der Waals surface area contributed by atoms with Crippen molar-refractivity contribution in [2.45, 2.75) is 25.9 Å². The van der Waals surface area contributed by atoms with E-state index in [0.29, 0.717) is 23.5 Å². The minimum atomic E-state index is -0.471. The summed E-state index contributed by atoms with van der Waals surface area (Å²) in [6.45, 7) is 0.573. The lowest BCUT2D eigenvalue weighted by molar-refractivity contribution is -0.139. The number of hydrogen-bond acceptors (Lipinski definition) is 6. The maximum Gasteiger partial charge on any atom is 0.311 e. The average molecular weight is 471 g/mol. The van der Waals surface area contributed by atoms with Crippen LogP contribution in [0.4, 0.5) is 0 Å². The van der Waals surface area contributed by atoms with E-state index >= 15 is 0 Å².